The zero-order chi connectivity index (χ0) is 23.4. The highest BCUT2D eigenvalue weighted by Crippen LogP contribution is 2.42. The minimum atomic E-state index is -4.78. The number of methoxy groups -OCH3 is 1. The number of hydrogen-bond acceptors (Lipinski definition) is 4. The molecule has 3 aromatic rings. The fourth-order valence-corrected chi connectivity index (χ4v) is 5.32. The molecule has 6 heteroatoms. The van der Waals surface area contributed by atoms with Crippen LogP contribution in [0, 0.1) is 13.8 Å². The molecular weight excluding hydrogens is 427 g/mol. The minimum absolute atomic E-state index is 0.297. The van der Waals surface area contributed by atoms with Gasteiger partial charge >= 0.3 is 11.0 Å². The Morgan fingerprint density at radius 2 is 1.56 bits per heavy atom. The van der Waals surface area contributed by atoms with E-state index < -0.39 is 26.7 Å². The van der Waals surface area contributed by atoms with Gasteiger partial charge in [0.2, 0.25) is 9.84 Å². The van der Waals surface area contributed by atoms with E-state index in [1.807, 2.05) is 44.2 Å². The molecule has 0 heterocycles. The quantitative estimate of drug-likeness (QED) is 0.450. The first-order valence-electron chi connectivity index (χ1n) is 10.1. The van der Waals surface area contributed by atoms with E-state index in [2.05, 4.69) is 0 Å². The number of halogens is 1. The normalized spacial score (nSPS) is 14.6. The number of esters is 1. The third-order valence-electron chi connectivity index (χ3n) is 5.23. The molecule has 2 atom stereocenters. The first kappa shape index (κ1) is 23.4. The maximum Gasteiger partial charge on any atom is 0.361 e. The molecule has 0 aliphatic heterocycles. The van der Waals surface area contributed by atoms with E-state index in [0.717, 1.165) is 23.8 Å². The van der Waals surface area contributed by atoms with Gasteiger partial charge in [0.05, 0.1) is 17.9 Å². The molecular formula is C26H25FO4S. The third-order valence-corrected chi connectivity index (χ3v) is 7.33. The largest absolute Gasteiger partial charge is 0.466 e. The first-order chi connectivity index (χ1) is 15.2. The molecule has 0 spiro atoms. The summed E-state index contributed by atoms with van der Waals surface area (Å²) in [4.78, 5) is 12.5. The lowest BCUT2D eigenvalue weighted by molar-refractivity contribution is -0.149. The Hall–Kier alpha value is -3.25. The molecule has 0 aromatic heterocycles. The van der Waals surface area contributed by atoms with Crippen LogP contribution in [0.1, 0.15) is 28.2 Å². The van der Waals surface area contributed by atoms with E-state index in [1.165, 1.54) is 30.3 Å². The van der Waals surface area contributed by atoms with Crippen molar-refractivity contribution in [3.05, 3.63) is 107 Å². The second kappa shape index (κ2) is 9.49. The second-order valence-electron chi connectivity index (χ2n) is 7.62. The van der Waals surface area contributed by atoms with Crippen LogP contribution < -0.4 is 0 Å². The predicted molar refractivity (Wildman–Crippen MR) is 124 cm³/mol. The van der Waals surface area contributed by atoms with Gasteiger partial charge in [-0.3, -0.25) is 0 Å². The maximum atomic E-state index is 16.8. The Labute approximate surface area is 188 Å². The number of alkyl halides is 1. The molecule has 166 valence electrons. The summed E-state index contributed by atoms with van der Waals surface area (Å²) in [7, 11) is -3.80. The van der Waals surface area contributed by atoms with Crippen molar-refractivity contribution in [3.63, 3.8) is 0 Å². The van der Waals surface area contributed by atoms with Crippen molar-refractivity contribution in [3.8, 4) is 0 Å². The zero-order valence-corrected chi connectivity index (χ0v) is 19.0. The van der Waals surface area contributed by atoms with E-state index in [9.17, 15) is 13.2 Å². The van der Waals surface area contributed by atoms with Crippen LogP contribution in [0.4, 0.5) is 4.39 Å². The molecule has 0 fully saturated rings. The molecule has 0 saturated carbocycles. The average Bonchev–Trinajstić information content (AvgIpc) is 2.79. The summed E-state index contributed by atoms with van der Waals surface area (Å²) in [5.41, 5.74) is 2.91. The van der Waals surface area contributed by atoms with Crippen LogP contribution in [-0.2, 0) is 19.4 Å². The van der Waals surface area contributed by atoms with Crippen LogP contribution in [0.15, 0.2) is 89.8 Å². The third kappa shape index (κ3) is 4.50. The number of hydrogen-bond donors (Lipinski definition) is 0. The Bertz CT molecular complexity index is 1240. The van der Waals surface area contributed by atoms with Gasteiger partial charge in [0.15, 0.2) is 0 Å². The summed E-state index contributed by atoms with van der Waals surface area (Å²) < 4.78 is 48.5. The standard InChI is InChI=1S/C26H25FO4S/c1-19-9-7-11-21(17-19)15-16-24(22-12-8-10-20(2)18-22)26(27,25(28)31-3)32(29,30)23-13-5-4-6-14-23/h4-18,24H,1-3H3/t24-,26+/m1/s1. The summed E-state index contributed by atoms with van der Waals surface area (Å²) in [6, 6.07) is 21.4. The van der Waals surface area contributed by atoms with Crippen LogP contribution in [-0.4, -0.2) is 26.5 Å². The number of benzene rings is 3. The van der Waals surface area contributed by atoms with Gasteiger partial charge in [0, 0.05) is 0 Å². The van der Waals surface area contributed by atoms with Crippen LogP contribution >= 0.6 is 0 Å². The molecule has 4 nitrogen and oxygen atoms in total. The van der Waals surface area contributed by atoms with Crippen molar-refractivity contribution in [1.82, 2.24) is 0 Å². The fourth-order valence-electron chi connectivity index (χ4n) is 3.61. The SMILES string of the molecule is COC(=O)[C@](F)([C@H](C=Cc1cccc(C)c1)c1cccc(C)c1)S(=O)(=O)c1ccccc1. The summed E-state index contributed by atoms with van der Waals surface area (Å²) >= 11 is 0. The van der Waals surface area contributed by atoms with Crippen molar-refractivity contribution in [2.24, 2.45) is 0 Å². The first-order valence-corrected chi connectivity index (χ1v) is 11.6. The van der Waals surface area contributed by atoms with E-state index in [1.54, 1.807) is 30.3 Å². The van der Waals surface area contributed by atoms with Gasteiger partial charge < -0.3 is 4.74 Å². The van der Waals surface area contributed by atoms with Crippen LogP contribution in [0.3, 0.4) is 0 Å². The molecule has 3 rings (SSSR count). The lowest BCUT2D eigenvalue weighted by atomic mass is 9.91. The smallest absolute Gasteiger partial charge is 0.361 e. The average molecular weight is 453 g/mol. The van der Waals surface area contributed by atoms with Crippen LogP contribution in [0.2, 0.25) is 0 Å². The van der Waals surface area contributed by atoms with Crippen molar-refractivity contribution in [1.29, 1.82) is 0 Å². The molecule has 0 N–H and O–H groups in total. The molecule has 0 bridgehead atoms. The fraction of sp³-hybridized carbons (Fsp3) is 0.192. The van der Waals surface area contributed by atoms with E-state index in [-0.39, 0.29) is 4.90 Å². The van der Waals surface area contributed by atoms with Crippen molar-refractivity contribution in [2.75, 3.05) is 7.11 Å². The Morgan fingerprint density at radius 3 is 2.16 bits per heavy atom. The summed E-state index contributed by atoms with van der Waals surface area (Å²) in [5.74, 6) is -2.91. The molecule has 0 radical (unpaired) electrons. The number of sulfone groups is 1. The number of rotatable bonds is 7. The number of allylic oxidation sites excluding steroid dienone is 1. The lowest BCUT2D eigenvalue weighted by Crippen LogP contribution is -2.47. The second-order valence-corrected chi connectivity index (χ2v) is 9.69. The molecule has 0 unspecified atom stereocenters. The number of ether oxygens (including phenoxy) is 1. The van der Waals surface area contributed by atoms with Crippen molar-refractivity contribution >= 4 is 21.9 Å². The van der Waals surface area contributed by atoms with Gasteiger partial charge in [-0.25, -0.2) is 17.6 Å². The predicted octanol–water partition coefficient (Wildman–Crippen LogP) is 5.41. The summed E-state index contributed by atoms with van der Waals surface area (Å²) in [5, 5.41) is -3.38. The summed E-state index contributed by atoms with van der Waals surface area (Å²) in [6.45, 7) is 3.73. The van der Waals surface area contributed by atoms with Gasteiger partial charge in [-0.15, -0.1) is 0 Å². The number of carbonyl (C=O) groups excluding carboxylic acids is 1. The highest BCUT2D eigenvalue weighted by Gasteiger charge is 2.59. The highest BCUT2D eigenvalue weighted by atomic mass is 32.2. The van der Waals surface area contributed by atoms with Gasteiger partial charge in [0.25, 0.3) is 0 Å². The lowest BCUT2D eigenvalue weighted by Gasteiger charge is -2.30. The maximum absolute atomic E-state index is 16.8. The highest BCUT2D eigenvalue weighted by molar-refractivity contribution is 7.93. The van der Waals surface area contributed by atoms with Crippen LogP contribution in [0.25, 0.3) is 6.08 Å². The topological polar surface area (TPSA) is 60.4 Å². The van der Waals surface area contributed by atoms with Crippen LogP contribution in [0.5, 0.6) is 0 Å². The van der Waals surface area contributed by atoms with E-state index in [4.69, 9.17) is 4.74 Å². The van der Waals surface area contributed by atoms with Crippen molar-refractivity contribution < 1.29 is 22.3 Å². The Kier molecular flexibility index (Phi) is 6.94. The van der Waals surface area contributed by atoms with Gasteiger partial charge in [-0.1, -0.05) is 90.0 Å². The summed E-state index contributed by atoms with van der Waals surface area (Å²) in [6.07, 6.45) is 3.04. The number of carbonyl (C=O) groups is 1. The molecule has 32 heavy (non-hydrogen) atoms. The van der Waals surface area contributed by atoms with Gasteiger partial charge in [-0.2, -0.15) is 0 Å². The Morgan fingerprint density at radius 1 is 0.938 bits per heavy atom. The molecule has 3 aromatic carbocycles. The van der Waals surface area contributed by atoms with Crippen molar-refractivity contribution in [2.45, 2.75) is 29.7 Å². The van der Waals surface area contributed by atoms with Gasteiger partial charge in [0.1, 0.15) is 0 Å². The van der Waals surface area contributed by atoms with Gasteiger partial charge in [-0.05, 0) is 37.1 Å². The van der Waals surface area contributed by atoms with E-state index >= 15 is 4.39 Å². The minimum Gasteiger partial charge on any atom is -0.466 e. The molecule has 0 aliphatic carbocycles. The Balaban J connectivity index is 2.26. The molecule has 0 amide bonds. The zero-order valence-electron chi connectivity index (χ0n) is 18.2. The van der Waals surface area contributed by atoms with E-state index in [0.29, 0.717) is 5.56 Å². The number of aryl methyl sites for hydroxylation is 2. The molecule has 0 aliphatic rings. The molecule has 0 saturated heterocycles. The monoisotopic (exact) mass is 452 g/mol.